The molecule has 1 aliphatic rings. The van der Waals surface area contributed by atoms with E-state index in [0.717, 1.165) is 25.2 Å². The number of hydrogen-bond acceptors (Lipinski definition) is 2. The molecule has 0 saturated carbocycles. The topological polar surface area (TPSA) is 22.1 Å². The first-order valence-corrected chi connectivity index (χ1v) is 9.98. The van der Waals surface area contributed by atoms with Crippen molar-refractivity contribution < 1.29 is 25.9 Å². The quantitative estimate of drug-likeness (QED) is 0.340. The first kappa shape index (κ1) is 12.8. The van der Waals surface area contributed by atoms with Gasteiger partial charge >= 0.3 is 136 Å². The number of ether oxygens (including phenoxy) is 1. The van der Waals surface area contributed by atoms with Crippen LogP contribution in [-0.4, -0.2) is 16.5 Å². The van der Waals surface area contributed by atoms with Crippen LogP contribution < -0.4 is 25.9 Å². The van der Waals surface area contributed by atoms with E-state index in [1.165, 1.54) is 20.8 Å². The zero-order valence-corrected chi connectivity index (χ0v) is 14.6. The van der Waals surface area contributed by atoms with Crippen LogP contribution >= 0.6 is 15.9 Å². The van der Waals surface area contributed by atoms with Crippen LogP contribution in [0, 0.1) is 0 Å². The minimum absolute atomic E-state index is 0.341. The van der Waals surface area contributed by atoms with Crippen LogP contribution in [0.25, 0.3) is 21.8 Å². The van der Waals surface area contributed by atoms with Gasteiger partial charge in [-0.2, -0.15) is 0 Å². The Bertz CT molecular complexity index is 829. The molecule has 0 amide bonds. The molecule has 1 saturated heterocycles. The summed E-state index contributed by atoms with van der Waals surface area (Å²) in [5.74, 6) is 0.871. The molecule has 0 bridgehead atoms. The average molecular weight is 441 g/mol. The number of rotatable bonds is 2. The van der Waals surface area contributed by atoms with Crippen molar-refractivity contribution in [3.63, 3.8) is 0 Å². The van der Waals surface area contributed by atoms with Crippen molar-refractivity contribution >= 4 is 37.7 Å². The van der Waals surface area contributed by atoms with Crippen molar-refractivity contribution in [3.8, 4) is 5.75 Å². The fraction of sp³-hybridized carbons (Fsp3) is 0.188. The Morgan fingerprint density at radius 2 is 2.10 bits per heavy atom. The molecule has 0 N–H and O–H groups in total. The van der Waals surface area contributed by atoms with E-state index in [2.05, 4.69) is 40.2 Å². The van der Waals surface area contributed by atoms with Gasteiger partial charge in [-0.25, -0.2) is 0 Å². The molecule has 1 fully saturated rings. The standard InChI is InChI=1S/C16H12BrINO/c1-20-9-5-6-10-14(7-9)19-13-4-2-3-11(17)16(13)15(10)12-8-18-12/h2-7,12H,8H2,1H3/q-1. The normalized spacial score (nSPS) is 18.0. The van der Waals surface area contributed by atoms with E-state index < -0.39 is 0 Å². The van der Waals surface area contributed by atoms with E-state index in [9.17, 15) is 0 Å². The Kier molecular flexibility index (Phi) is 3.11. The molecular formula is C16H12BrINO-. The number of alkyl halides is 2. The maximum absolute atomic E-state index is 5.33. The van der Waals surface area contributed by atoms with Crippen LogP contribution in [0.1, 0.15) is 9.49 Å². The second-order valence-electron chi connectivity index (χ2n) is 4.82. The third kappa shape index (κ3) is 2.00. The van der Waals surface area contributed by atoms with Gasteiger partial charge in [0.2, 0.25) is 0 Å². The van der Waals surface area contributed by atoms with Crippen molar-refractivity contribution in [2.75, 3.05) is 11.5 Å². The average Bonchev–Trinajstić information content (AvgIpc) is 3.29. The number of hydrogen-bond donors (Lipinski definition) is 0. The molecule has 4 rings (SSSR count). The molecule has 2 aromatic carbocycles. The van der Waals surface area contributed by atoms with Gasteiger partial charge in [-0.15, -0.1) is 0 Å². The van der Waals surface area contributed by atoms with Crippen LogP contribution in [0.4, 0.5) is 0 Å². The summed E-state index contributed by atoms with van der Waals surface area (Å²) in [6, 6.07) is 12.5. The summed E-state index contributed by atoms with van der Waals surface area (Å²) in [4.78, 5) is 4.82. The fourth-order valence-electron chi connectivity index (χ4n) is 2.62. The van der Waals surface area contributed by atoms with E-state index in [0.29, 0.717) is 21.2 Å². The monoisotopic (exact) mass is 440 g/mol. The van der Waals surface area contributed by atoms with Crippen molar-refractivity contribution in [1.82, 2.24) is 4.98 Å². The van der Waals surface area contributed by atoms with Crippen LogP contribution in [0.15, 0.2) is 40.9 Å². The van der Waals surface area contributed by atoms with Crippen molar-refractivity contribution in [1.29, 1.82) is 0 Å². The molecule has 1 atom stereocenters. The number of halogens is 2. The maximum atomic E-state index is 5.33. The van der Waals surface area contributed by atoms with E-state index in [1.807, 2.05) is 12.1 Å². The molecule has 0 spiro atoms. The molecule has 20 heavy (non-hydrogen) atoms. The second kappa shape index (κ2) is 4.84. The van der Waals surface area contributed by atoms with E-state index in [-0.39, 0.29) is 0 Å². The molecule has 4 heteroatoms. The number of benzene rings is 2. The molecule has 2 nitrogen and oxygen atoms in total. The Balaban J connectivity index is 2.17. The first-order valence-electron chi connectivity index (χ1n) is 6.41. The molecule has 1 aromatic heterocycles. The third-order valence-corrected chi connectivity index (χ3v) is 6.66. The van der Waals surface area contributed by atoms with Crippen LogP contribution in [0.2, 0.25) is 0 Å². The molecule has 0 aliphatic carbocycles. The van der Waals surface area contributed by atoms with Crippen molar-refractivity contribution in [2.45, 2.75) is 3.92 Å². The third-order valence-electron chi connectivity index (χ3n) is 3.62. The number of fused-ring (bicyclic) bond motifs is 2. The molecule has 102 valence electrons. The SMILES string of the molecule is COc1ccc2c(C3C[I-]3)c3c(Br)cccc3nc2c1. The summed E-state index contributed by atoms with van der Waals surface area (Å²) in [5, 5.41) is 2.58. The number of methoxy groups -OCH3 is 1. The Labute approximate surface area is 135 Å². The molecule has 0 radical (unpaired) electrons. The molecular weight excluding hydrogens is 429 g/mol. The van der Waals surface area contributed by atoms with E-state index in [4.69, 9.17) is 9.72 Å². The first-order chi connectivity index (χ1) is 9.78. The number of pyridine rings is 1. The van der Waals surface area contributed by atoms with E-state index in [1.54, 1.807) is 7.11 Å². The zero-order valence-electron chi connectivity index (χ0n) is 10.9. The predicted octanol–water partition coefficient (Wildman–Crippen LogP) is 1.30. The summed E-state index contributed by atoms with van der Waals surface area (Å²) >= 11 is 4.05. The Morgan fingerprint density at radius 1 is 1.25 bits per heavy atom. The zero-order chi connectivity index (χ0) is 13.7. The predicted molar refractivity (Wildman–Crippen MR) is 81.1 cm³/mol. The minimum atomic E-state index is 0.341. The van der Waals surface area contributed by atoms with Crippen molar-refractivity contribution in [2.24, 2.45) is 0 Å². The van der Waals surface area contributed by atoms with Gasteiger partial charge in [-0.3, -0.25) is 0 Å². The summed E-state index contributed by atoms with van der Waals surface area (Å²) in [5.41, 5.74) is 3.61. The van der Waals surface area contributed by atoms with Crippen LogP contribution in [0.5, 0.6) is 5.75 Å². The Morgan fingerprint density at radius 3 is 2.85 bits per heavy atom. The van der Waals surface area contributed by atoms with Crippen molar-refractivity contribution in [3.05, 3.63) is 46.4 Å². The summed E-state index contributed by atoms with van der Waals surface area (Å²) < 4.78 is 8.67. The molecule has 2 heterocycles. The second-order valence-corrected chi connectivity index (χ2v) is 8.94. The molecule has 1 unspecified atom stereocenters. The van der Waals surface area contributed by atoms with E-state index >= 15 is 0 Å². The van der Waals surface area contributed by atoms with Crippen LogP contribution in [0.3, 0.4) is 0 Å². The number of aromatic nitrogens is 1. The van der Waals surface area contributed by atoms with Gasteiger partial charge in [0.15, 0.2) is 0 Å². The summed E-state index contributed by atoms with van der Waals surface area (Å²) in [6.45, 7) is 0. The molecule has 3 aromatic rings. The van der Waals surface area contributed by atoms with Gasteiger partial charge in [0.1, 0.15) is 0 Å². The van der Waals surface area contributed by atoms with Gasteiger partial charge in [0.25, 0.3) is 0 Å². The van der Waals surface area contributed by atoms with Gasteiger partial charge in [-0.05, 0) is 0 Å². The summed E-state index contributed by atoms with van der Waals surface area (Å²) in [7, 11) is 1.70. The molecule has 1 aliphatic heterocycles. The van der Waals surface area contributed by atoms with Crippen LogP contribution in [-0.2, 0) is 0 Å². The van der Waals surface area contributed by atoms with Gasteiger partial charge in [-0.1, -0.05) is 0 Å². The van der Waals surface area contributed by atoms with Gasteiger partial charge in [0.05, 0.1) is 0 Å². The number of nitrogens with zero attached hydrogens (tertiary/aromatic N) is 1. The fourth-order valence-corrected chi connectivity index (χ4v) is 4.97. The van der Waals surface area contributed by atoms with Gasteiger partial charge in [0, 0.05) is 0 Å². The Hall–Kier alpha value is -0.880. The van der Waals surface area contributed by atoms with Gasteiger partial charge < -0.3 is 0 Å². The summed E-state index contributed by atoms with van der Waals surface area (Å²) in [6.07, 6.45) is 0.